The first kappa shape index (κ1) is 36.8. The molecule has 14 heteroatoms. The predicted molar refractivity (Wildman–Crippen MR) is 165 cm³/mol. The summed E-state index contributed by atoms with van der Waals surface area (Å²) in [6.07, 6.45) is -5.14. The Labute approximate surface area is 274 Å². The number of hydrogen-bond acceptors (Lipinski definition) is 7. The topological polar surface area (TPSA) is 104 Å². The van der Waals surface area contributed by atoms with Crippen LogP contribution in [-0.4, -0.2) is 67.4 Å². The third-order valence-electron chi connectivity index (χ3n) is 6.30. The molecule has 0 aromatic heterocycles. The Morgan fingerprint density at radius 3 is 2.09 bits per heavy atom. The van der Waals surface area contributed by atoms with Crippen molar-refractivity contribution >= 4 is 35.3 Å². The second kappa shape index (κ2) is 18.4. The second-order valence-corrected chi connectivity index (χ2v) is 10.8. The highest BCUT2D eigenvalue weighted by molar-refractivity contribution is 6.34. The van der Waals surface area contributed by atoms with Crippen LogP contribution in [0, 0.1) is 0 Å². The number of carbonyl (C=O) groups excluding carboxylic acids is 1. The van der Waals surface area contributed by atoms with E-state index in [1.807, 2.05) is 0 Å². The summed E-state index contributed by atoms with van der Waals surface area (Å²) in [5.74, 6) is -0.941. The van der Waals surface area contributed by atoms with Crippen molar-refractivity contribution < 1.29 is 51.6 Å². The smallest absolute Gasteiger partial charge is 0.492 e. The van der Waals surface area contributed by atoms with Crippen molar-refractivity contribution in [3.63, 3.8) is 0 Å². The van der Waals surface area contributed by atoms with E-state index in [-0.39, 0.29) is 38.5 Å². The molecule has 9 nitrogen and oxygen atoms in total. The van der Waals surface area contributed by atoms with Crippen LogP contribution in [0.4, 0.5) is 18.0 Å². The molecule has 0 fully saturated rings. The second-order valence-electron chi connectivity index (χ2n) is 9.89. The number of ether oxygens (including phenoxy) is 5. The van der Waals surface area contributed by atoms with E-state index in [0.29, 0.717) is 41.9 Å². The number of amides is 1. The minimum atomic E-state index is -4.84. The highest BCUT2D eigenvalue weighted by Gasteiger charge is 2.31. The van der Waals surface area contributed by atoms with Crippen LogP contribution < -0.4 is 14.2 Å². The van der Waals surface area contributed by atoms with Gasteiger partial charge in [-0.25, -0.2) is 9.59 Å². The van der Waals surface area contributed by atoms with Gasteiger partial charge in [0.15, 0.2) is 6.10 Å². The number of unbranched alkanes of at least 4 members (excludes halogenated alkanes) is 1. The molecule has 0 aliphatic heterocycles. The molecule has 0 aliphatic carbocycles. The molecule has 1 N–H and O–H groups in total. The lowest BCUT2D eigenvalue weighted by molar-refractivity contribution is -0.274. The van der Waals surface area contributed by atoms with Gasteiger partial charge in [0.25, 0.3) is 0 Å². The molecule has 46 heavy (non-hydrogen) atoms. The van der Waals surface area contributed by atoms with Crippen LogP contribution >= 0.6 is 23.2 Å². The quantitative estimate of drug-likeness (QED) is 0.135. The first-order chi connectivity index (χ1) is 21.9. The van der Waals surface area contributed by atoms with Crippen LogP contribution in [0.2, 0.25) is 10.0 Å². The lowest BCUT2D eigenvalue weighted by Crippen LogP contribution is -2.37. The van der Waals surface area contributed by atoms with E-state index in [1.54, 1.807) is 49.4 Å². The molecule has 3 aromatic rings. The first-order valence-corrected chi connectivity index (χ1v) is 15.1. The summed E-state index contributed by atoms with van der Waals surface area (Å²) in [6, 6.07) is 16.5. The average molecular weight is 689 g/mol. The normalized spacial score (nSPS) is 12.0. The molecule has 0 radical (unpaired) electrons. The van der Waals surface area contributed by atoms with Crippen molar-refractivity contribution in [1.29, 1.82) is 0 Å². The number of aliphatic carboxylic acids is 1. The number of carboxylic acids is 1. The van der Waals surface area contributed by atoms with Crippen LogP contribution in [0.15, 0.2) is 66.7 Å². The van der Waals surface area contributed by atoms with Gasteiger partial charge in [-0.05, 0) is 85.5 Å². The number of carboxylic acid groups (broad SMARTS) is 1. The van der Waals surface area contributed by atoms with Crippen LogP contribution in [-0.2, 0) is 27.3 Å². The highest BCUT2D eigenvalue weighted by Crippen LogP contribution is 2.25. The van der Waals surface area contributed by atoms with Gasteiger partial charge in [-0.15, -0.1) is 13.2 Å². The Bertz CT molecular complexity index is 1370. The van der Waals surface area contributed by atoms with Gasteiger partial charge in [0.05, 0.1) is 13.2 Å². The SMILES string of the molecule is CCOC(Cc1ccc(OCCN(CCCCOCc2cc(Cl)cc(Cl)c2)C(=O)Oc2ccc(OC(F)(F)F)cc2)cc1)C(=O)O. The van der Waals surface area contributed by atoms with Crippen molar-refractivity contribution in [2.45, 2.75) is 45.3 Å². The van der Waals surface area contributed by atoms with E-state index in [2.05, 4.69) is 4.74 Å². The van der Waals surface area contributed by atoms with E-state index in [9.17, 15) is 27.9 Å². The molecule has 3 aromatic carbocycles. The summed E-state index contributed by atoms with van der Waals surface area (Å²) in [5.41, 5.74) is 1.58. The number of benzene rings is 3. The van der Waals surface area contributed by atoms with Gasteiger partial charge in [-0.3, -0.25) is 0 Å². The maximum Gasteiger partial charge on any atom is 0.573 e. The fourth-order valence-electron chi connectivity index (χ4n) is 4.19. The van der Waals surface area contributed by atoms with Gasteiger partial charge in [0.2, 0.25) is 0 Å². The maximum atomic E-state index is 13.0. The monoisotopic (exact) mass is 687 g/mol. The zero-order valence-electron chi connectivity index (χ0n) is 24.9. The number of hydrogen-bond donors (Lipinski definition) is 1. The van der Waals surface area contributed by atoms with Crippen molar-refractivity contribution in [3.05, 3.63) is 87.9 Å². The van der Waals surface area contributed by atoms with Crippen LogP contribution in [0.3, 0.4) is 0 Å². The van der Waals surface area contributed by atoms with Gasteiger partial charge in [-0.2, -0.15) is 0 Å². The molecular weight excluding hydrogens is 654 g/mol. The lowest BCUT2D eigenvalue weighted by atomic mass is 10.1. The summed E-state index contributed by atoms with van der Waals surface area (Å²) in [4.78, 5) is 25.8. The molecule has 0 aliphatic rings. The molecule has 0 heterocycles. The summed E-state index contributed by atoms with van der Waals surface area (Å²) in [7, 11) is 0. The van der Waals surface area contributed by atoms with E-state index >= 15 is 0 Å². The predicted octanol–water partition coefficient (Wildman–Crippen LogP) is 7.80. The number of nitrogens with zero attached hydrogens (tertiary/aromatic N) is 1. The largest absolute Gasteiger partial charge is 0.573 e. The number of alkyl halides is 3. The molecule has 3 rings (SSSR count). The lowest BCUT2D eigenvalue weighted by Gasteiger charge is -2.22. The van der Waals surface area contributed by atoms with Crippen LogP contribution in [0.25, 0.3) is 0 Å². The molecule has 0 spiro atoms. The van der Waals surface area contributed by atoms with Crippen molar-refractivity contribution in [1.82, 2.24) is 4.90 Å². The Morgan fingerprint density at radius 1 is 0.848 bits per heavy atom. The van der Waals surface area contributed by atoms with Gasteiger partial charge in [0, 0.05) is 36.2 Å². The molecule has 1 atom stereocenters. The summed E-state index contributed by atoms with van der Waals surface area (Å²) < 4.78 is 63.4. The zero-order valence-corrected chi connectivity index (χ0v) is 26.4. The number of carbonyl (C=O) groups is 2. The van der Waals surface area contributed by atoms with Crippen molar-refractivity contribution in [2.75, 3.05) is 32.9 Å². The summed E-state index contributed by atoms with van der Waals surface area (Å²) >= 11 is 12.0. The van der Waals surface area contributed by atoms with Crippen molar-refractivity contribution in [3.8, 4) is 17.2 Å². The first-order valence-electron chi connectivity index (χ1n) is 14.3. The highest BCUT2D eigenvalue weighted by atomic mass is 35.5. The zero-order chi connectivity index (χ0) is 33.5. The third-order valence-corrected chi connectivity index (χ3v) is 6.73. The fourth-order valence-corrected chi connectivity index (χ4v) is 4.76. The average Bonchev–Trinajstić information content (AvgIpc) is 2.98. The van der Waals surface area contributed by atoms with E-state index in [0.717, 1.165) is 23.3 Å². The molecule has 1 amide bonds. The van der Waals surface area contributed by atoms with Crippen molar-refractivity contribution in [2.24, 2.45) is 0 Å². The molecular formula is C32H34Cl2F3NO8. The van der Waals surface area contributed by atoms with Gasteiger partial charge in [-0.1, -0.05) is 35.3 Å². The Kier molecular flexibility index (Phi) is 14.7. The van der Waals surface area contributed by atoms with Crippen LogP contribution in [0.5, 0.6) is 17.2 Å². The molecule has 250 valence electrons. The Morgan fingerprint density at radius 2 is 1.48 bits per heavy atom. The standard InChI is InChI=1S/C32H34Cl2F3NO8/c1-2-43-29(30(39)40)19-22-5-7-26(8-6-22)44-16-14-38(13-3-4-15-42-21-23-17-24(33)20-25(34)18-23)31(41)45-27-9-11-28(12-10-27)46-32(35,36)37/h5-12,17-18,20,29H,2-4,13-16,19,21H2,1H3,(H,39,40). The fraction of sp³-hybridized carbons (Fsp3) is 0.375. The minimum Gasteiger partial charge on any atom is -0.492 e. The van der Waals surface area contributed by atoms with E-state index < -0.39 is 30.3 Å². The van der Waals surface area contributed by atoms with Gasteiger partial charge >= 0.3 is 18.4 Å². The van der Waals surface area contributed by atoms with Crippen LogP contribution in [0.1, 0.15) is 30.9 Å². The molecule has 0 saturated carbocycles. The third kappa shape index (κ3) is 13.7. The number of rotatable bonds is 18. The molecule has 1 unspecified atom stereocenters. The molecule has 0 saturated heterocycles. The maximum absolute atomic E-state index is 13.0. The van der Waals surface area contributed by atoms with Gasteiger partial charge < -0.3 is 33.7 Å². The summed E-state index contributed by atoms with van der Waals surface area (Å²) in [6.45, 7) is 3.26. The van der Waals surface area contributed by atoms with E-state index in [4.69, 9.17) is 42.1 Å². The molecule has 0 bridgehead atoms. The Balaban J connectivity index is 1.54. The van der Waals surface area contributed by atoms with E-state index in [1.165, 1.54) is 17.0 Å². The minimum absolute atomic E-state index is 0.0382. The van der Waals surface area contributed by atoms with Gasteiger partial charge in [0.1, 0.15) is 23.9 Å². The number of halogens is 5. The summed E-state index contributed by atoms with van der Waals surface area (Å²) in [5, 5.41) is 10.3. The Hall–Kier alpha value is -3.71.